The SMILES string of the molecule is C#N.CC.CCC1=CC=C(C)C1C.CCN1CCC(N2CCN(c3ncc(C(=O)NCc4cccc(C)c4)cc3O)CC2)CC1. The number of carbonyl (C=O) groups is 1. The number of benzene rings is 1. The van der Waals surface area contributed by atoms with Crippen molar-refractivity contribution >= 4 is 11.7 Å². The maximum absolute atomic E-state index is 12.5. The zero-order chi connectivity index (χ0) is 33.4. The zero-order valence-electron chi connectivity index (χ0n) is 28.7. The Balaban J connectivity index is 0.000000458. The van der Waals surface area contributed by atoms with Crippen LogP contribution in [-0.2, 0) is 6.54 Å². The topological polar surface area (TPSA) is 95.7 Å². The van der Waals surface area contributed by atoms with Crippen LogP contribution in [-0.4, -0.2) is 77.7 Å². The summed E-state index contributed by atoms with van der Waals surface area (Å²) in [7, 11) is 0. The maximum atomic E-state index is 12.5. The molecule has 2 N–H and O–H groups in total. The number of piperazine rings is 1. The van der Waals surface area contributed by atoms with Gasteiger partial charge in [0.25, 0.3) is 5.91 Å². The Hall–Kier alpha value is -3.67. The molecule has 0 bridgehead atoms. The molecule has 1 aliphatic carbocycles. The number of hydrogen-bond acceptors (Lipinski definition) is 7. The van der Waals surface area contributed by atoms with Crippen molar-refractivity contribution in [3.05, 3.63) is 76.5 Å². The van der Waals surface area contributed by atoms with Crippen molar-refractivity contribution in [2.24, 2.45) is 5.92 Å². The molecule has 1 amide bonds. The van der Waals surface area contributed by atoms with Gasteiger partial charge in [-0.25, -0.2) is 10.2 Å². The van der Waals surface area contributed by atoms with Crippen molar-refractivity contribution in [2.45, 2.75) is 80.3 Å². The van der Waals surface area contributed by atoms with Crippen LogP contribution in [0.2, 0.25) is 0 Å². The number of pyridine rings is 1. The Labute approximate surface area is 272 Å². The predicted octanol–water partition coefficient (Wildman–Crippen LogP) is 6.72. The third-order valence-corrected chi connectivity index (χ3v) is 8.99. The number of amides is 1. The Morgan fingerprint density at radius 1 is 1.02 bits per heavy atom. The minimum Gasteiger partial charge on any atom is -0.504 e. The number of likely N-dealkylation sites (tertiary alicyclic amines) is 1. The summed E-state index contributed by atoms with van der Waals surface area (Å²) in [5, 5.41) is 20.0. The zero-order valence-corrected chi connectivity index (χ0v) is 28.7. The van der Waals surface area contributed by atoms with Gasteiger partial charge in [-0.3, -0.25) is 9.69 Å². The average Bonchev–Trinajstić information content (AvgIpc) is 3.42. The summed E-state index contributed by atoms with van der Waals surface area (Å²) >= 11 is 0. The lowest BCUT2D eigenvalue weighted by molar-refractivity contribution is 0.0950. The van der Waals surface area contributed by atoms with Gasteiger partial charge in [0.15, 0.2) is 11.6 Å². The van der Waals surface area contributed by atoms with Gasteiger partial charge in [0.05, 0.1) is 5.56 Å². The van der Waals surface area contributed by atoms with Crippen molar-refractivity contribution in [1.29, 1.82) is 5.26 Å². The first-order valence-corrected chi connectivity index (χ1v) is 16.7. The Morgan fingerprint density at radius 2 is 1.69 bits per heavy atom. The van der Waals surface area contributed by atoms with Gasteiger partial charge in [0.2, 0.25) is 0 Å². The number of carbonyl (C=O) groups excluding carboxylic acids is 1. The molecule has 0 spiro atoms. The molecule has 2 saturated heterocycles. The fourth-order valence-electron chi connectivity index (χ4n) is 6.06. The number of aromatic nitrogens is 1. The van der Waals surface area contributed by atoms with Crippen LogP contribution in [0.3, 0.4) is 0 Å². The molecule has 246 valence electrons. The summed E-state index contributed by atoms with van der Waals surface area (Å²) in [6.45, 7) is 26.1. The number of allylic oxidation sites excluding steroid dienone is 4. The molecule has 2 aliphatic heterocycles. The van der Waals surface area contributed by atoms with Crippen LogP contribution < -0.4 is 10.2 Å². The monoisotopic (exact) mass is 616 g/mol. The third-order valence-electron chi connectivity index (χ3n) is 8.99. The largest absolute Gasteiger partial charge is 0.504 e. The molecule has 5 rings (SSSR count). The first-order valence-electron chi connectivity index (χ1n) is 16.7. The van der Waals surface area contributed by atoms with Crippen molar-refractivity contribution in [3.63, 3.8) is 0 Å². The smallest absolute Gasteiger partial charge is 0.253 e. The van der Waals surface area contributed by atoms with Crippen LogP contribution in [0, 0.1) is 24.7 Å². The minimum atomic E-state index is -0.232. The summed E-state index contributed by atoms with van der Waals surface area (Å²) in [5.41, 5.74) is 5.66. The highest BCUT2D eigenvalue weighted by Crippen LogP contribution is 2.28. The molecule has 45 heavy (non-hydrogen) atoms. The number of nitriles is 1. The van der Waals surface area contributed by atoms with E-state index in [-0.39, 0.29) is 11.7 Å². The lowest BCUT2D eigenvalue weighted by atomic mass is 9.98. The van der Waals surface area contributed by atoms with Crippen LogP contribution in [0.5, 0.6) is 5.75 Å². The Kier molecular flexibility index (Phi) is 16.4. The van der Waals surface area contributed by atoms with E-state index in [1.807, 2.05) is 45.0 Å². The number of anilines is 1. The van der Waals surface area contributed by atoms with Crippen LogP contribution in [0.1, 0.15) is 82.3 Å². The summed E-state index contributed by atoms with van der Waals surface area (Å²) in [5.74, 6) is 1.12. The van der Waals surface area contributed by atoms with E-state index in [1.165, 1.54) is 44.0 Å². The fourth-order valence-corrected chi connectivity index (χ4v) is 6.06. The van der Waals surface area contributed by atoms with Gasteiger partial charge >= 0.3 is 0 Å². The van der Waals surface area contributed by atoms with E-state index in [2.05, 4.69) is 71.4 Å². The van der Waals surface area contributed by atoms with Gasteiger partial charge in [-0.2, -0.15) is 0 Å². The number of nitrogens with one attached hydrogen (secondary N) is 1. The second kappa shape index (κ2) is 19.7. The normalized spacial score (nSPS) is 18.6. The van der Waals surface area contributed by atoms with E-state index in [0.717, 1.165) is 49.8 Å². The van der Waals surface area contributed by atoms with Gasteiger partial charge in [-0.05, 0) is 70.3 Å². The van der Waals surface area contributed by atoms with Gasteiger partial charge in [-0.1, -0.05) is 87.7 Å². The van der Waals surface area contributed by atoms with Crippen LogP contribution >= 0.6 is 0 Å². The lowest BCUT2D eigenvalue weighted by Gasteiger charge is -2.43. The van der Waals surface area contributed by atoms with E-state index < -0.39 is 0 Å². The first kappa shape index (κ1) is 37.5. The van der Waals surface area contributed by atoms with Crippen LogP contribution in [0.15, 0.2) is 59.8 Å². The number of piperidine rings is 1. The van der Waals surface area contributed by atoms with Crippen LogP contribution in [0.25, 0.3) is 0 Å². The molecule has 8 nitrogen and oxygen atoms in total. The van der Waals surface area contributed by atoms with Gasteiger partial charge < -0.3 is 20.2 Å². The van der Waals surface area contributed by atoms with Crippen molar-refractivity contribution in [1.82, 2.24) is 20.1 Å². The predicted molar refractivity (Wildman–Crippen MR) is 186 cm³/mol. The van der Waals surface area contributed by atoms with E-state index >= 15 is 0 Å². The molecule has 1 aromatic carbocycles. The molecule has 1 aromatic heterocycles. The summed E-state index contributed by atoms with van der Waals surface area (Å²) in [6, 6.07) is 10.2. The Morgan fingerprint density at radius 3 is 2.20 bits per heavy atom. The molecule has 1 atom stereocenters. The van der Waals surface area contributed by atoms with Crippen LogP contribution in [0.4, 0.5) is 5.82 Å². The maximum Gasteiger partial charge on any atom is 0.253 e. The van der Waals surface area contributed by atoms with Gasteiger partial charge in [-0.15, -0.1) is 0 Å². The first-order chi connectivity index (χ1) is 21.8. The average molecular weight is 617 g/mol. The summed E-state index contributed by atoms with van der Waals surface area (Å²) < 4.78 is 0. The number of aryl methyl sites for hydroxylation is 1. The number of nitrogens with zero attached hydrogens (tertiary/aromatic N) is 5. The fraction of sp³-hybridized carbons (Fsp3) is 0.541. The van der Waals surface area contributed by atoms with E-state index in [9.17, 15) is 9.90 Å². The second-order valence-corrected chi connectivity index (χ2v) is 11.7. The quantitative estimate of drug-likeness (QED) is 0.357. The van der Waals surface area contributed by atoms with E-state index in [1.54, 1.807) is 11.8 Å². The highest BCUT2D eigenvalue weighted by atomic mass is 16.3. The minimum absolute atomic E-state index is 0.0675. The standard InChI is InChI=1S/C25H35N5O2.C9H14.C2H6.CHN/c1-3-28-9-7-22(8-10-28)29-11-13-30(14-12-29)24-23(31)16-21(18-26-24)25(32)27-17-20-6-4-5-19(2)15-20;1-4-9-6-5-7(2)8(9)3;2*1-2/h4-6,15-16,18,22,31H,3,7-14,17H2,1-2H3,(H,27,32);5-6,8H,4H2,1-3H3;1-2H3;1H. The van der Waals surface area contributed by atoms with Crippen molar-refractivity contribution < 1.29 is 9.90 Å². The van der Waals surface area contributed by atoms with Gasteiger partial charge in [0.1, 0.15) is 0 Å². The number of rotatable bonds is 7. The Bertz CT molecular complexity index is 1270. The van der Waals surface area contributed by atoms with E-state index in [0.29, 0.717) is 24.0 Å². The van der Waals surface area contributed by atoms with Gasteiger partial charge in [0, 0.05) is 51.5 Å². The molecule has 3 aliphatic rings. The van der Waals surface area contributed by atoms with E-state index in [4.69, 9.17) is 5.26 Å². The molecular formula is C37H56N6O2. The molecular weight excluding hydrogens is 560 g/mol. The molecule has 1 unspecified atom stereocenters. The highest BCUT2D eigenvalue weighted by molar-refractivity contribution is 5.94. The van der Waals surface area contributed by atoms with Crippen molar-refractivity contribution in [2.75, 3.05) is 50.7 Å². The van der Waals surface area contributed by atoms with Crippen molar-refractivity contribution in [3.8, 4) is 12.3 Å². The molecule has 0 radical (unpaired) electrons. The molecule has 8 heteroatoms. The second-order valence-electron chi connectivity index (χ2n) is 11.7. The highest BCUT2D eigenvalue weighted by Gasteiger charge is 2.28. The lowest BCUT2D eigenvalue weighted by Crippen LogP contribution is -2.53. The molecule has 2 fully saturated rings. The number of aromatic hydroxyl groups is 1. The molecule has 3 heterocycles. The summed E-state index contributed by atoms with van der Waals surface area (Å²) in [4.78, 5) is 24.2. The summed E-state index contributed by atoms with van der Waals surface area (Å²) in [6.07, 6.45) is 9.72. The number of hydrogen-bond donors (Lipinski definition) is 2. The molecule has 0 saturated carbocycles. The molecule has 2 aromatic rings. The third kappa shape index (κ3) is 11.0.